The summed E-state index contributed by atoms with van der Waals surface area (Å²) < 4.78 is 5.67. The third-order valence-corrected chi connectivity index (χ3v) is 2.42. The first kappa shape index (κ1) is 11.9. The van der Waals surface area contributed by atoms with E-state index in [-0.39, 0.29) is 0 Å². The van der Waals surface area contributed by atoms with Crippen molar-refractivity contribution in [2.75, 3.05) is 19.0 Å². The maximum Gasteiger partial charge on any atom is 0.145 e. The highest BCUT2D eigenvalue weighted by atomic mass is 16.5. The molecular weight excluding hydrogens is 226 g/mol. The predicted octanol–water partition coefficient (Wildman–Crippen LogP) is 2.81. The van der Waals surface area contributed by atoms with Crippen molar-refractivity contribution in [3.63, 3.8) is 0 Å². The largest absolute Gasteiger partial charge is 0.456 e. The fraction of sp³-hybridized carbons (Fsp3) is 0.143. The molecule has 0 unspecified atom stereocenters. The van der Waals surface area contributed by atoms with Gasteiger partial charge < -0.3 is 9.64 Å². The molecule has 18 heavy (non-hydrogen) atoms. The molecule has 1 heterocycles. The summed E-state index contributed by atoms with van der Waals surface area (Å²) in [4.78, 5) is 5.96. The van der Waals surface area contributed by atoms with Crippen molar-refractivity contribution in [1.82, 2.24) is 4.98 Å². The van der Waals surface area contributed by atoms with Crippen molar-refractivity contribution in [3.8, 4) is 17.6 Å². The van der Waals surface area contributed by atoms with Crippen molar-refractivity contribution in [2.24, 2.45) is 0 Å². The molecule has 0 radical (unpaired) electrons. The first-order valence-corrected chi connectivity index (χ1v) is 5.50. The first-order chi connectivity index (χ1) is 8.69. The van der Waals surface area contributed by atoms with Crippen LogP contribution in [-0.4, -0.2) is 19.1 Å². The van der Waals surface area contributed by atoms with Crippen LogP contribution in [0.4, 0.5) is 5.69 Å². The van der Waals surface area contributed by atoms with Gasteiger partial charge in [-0.25, -0.2) is 4.98 Å². The number of rotatable bonds is 3. The van der Waals surface area contributed by atoms with Crippen LogP contribution in [0.15, 0.2) is 42.6 Å². The second-order valence-corrected chi connectivity index (χ2v) is 3.98. The molecular formula is C14H13N3O. The Bertz CT molecular complexity index is 570. The van der Waals surface area contributed by atoms with E-state index in [4.69, 9.17) is 10.00 Å². The number of nitriles is 1. The fourth-order valence-electron chi connectivity index (χ4n) is 1.47. The molecule has 0 atom stereocenters. The number of nitrogens with zero attached hydrogens (tertiary/aromatic N) is 3. The average Bonchev–Trinajstić information content (AvgIpc) is 2.40. The second kappa shape index (κ2) is 5.19. The lowest BCUT2D eigenvalue weighted by molar-refractivity contribution is 0.480. The number of benzene rings is 1. The maximum atomic E-state index is 8.66. The maximum absolute atomic E-state index is 8.66. The molecule has 0 saturated carbocycles. The van der Waals surface area contributed by atoms with E-state index in [0.717, 1.165) is 11.4 Å². The molecule has 0 aliphatic heterocycles. The van der Waals surface area contributed by atoms with Crippen LogP contribution in [0, 0.1) is 11.3 Å². The molecule has 0 saturated heterocycles. The third-order valence-electron chi connectivity index (χ3n) is 2.42. The zero-order valence-electron chi connectivity index (χ0n) is 10.3. The summed E-state index contributed by atoms with van der Waals surface area (Å²) in [5.74, 6) is 1.36. The summed E-state index contributed by atoms with van der Waals surface area (Å²) in [6.07, 6.45) is 1.54. The molecule has 4 heteroatoms. The molecule has 0 bridgehead atoms. The van der Waals surface area contributed by atoms with Crippen LogP contribution in [0.2, 0.25) is 0 Å². The van der Waals surface area contributed by atoms with E-state index in [0.29, 0.717) is 11.4 Å². The molecule has 2 aromatic rings. The Kier molecular flexibility index (Phi) is 3.44. The number of hydrogen-bond donors (Lipinski definition) is 0. The fourth-order valence-corrected chi connectivity index (χ4v) is 1.47. The quantitative estimate of drug-likeness (QED) is 0.826. The van der Waals surface area contributed by atoms with Crippen LogP contribution >= 0.6 is 0 Å². The van der Waals surface area contributed by atoms with Crippen LogP contribution in [0.3, 0.4) is 0 Å². The summed E-state index contributed by atoms with van der Waals surface area (Å²) in [6.45, 7) is 0. The molecule has 0 fully saturated rings. The van der Waals surface area contributed by atoms with Gasteiger partial charge in [0.15, 0.2) is 0 Å². The minimum Gasteiger partial charge on any atom is -0.456 e. The minimum atomic E-state index is 0.379. The molecule has 1 aromatic heterocycles. The summed E-state index contributed by atoms with van der Waals surface area (Å²) in [5, 5.41) is 8.66. The van der Waals surface area contributed by atoms with E-state index in [1.54, 1.807) is 18.3 Å². The second-order valence-electron chi connectivity index (χ2n) is 3.98. The molecule has 4 nitrogen and oxygen atoms in total. The van der Waals surface area contributed by atoms with Gasteiger partial charge >= 0.3 is 0 Å². The SMILES string of the molecule is CN(C)c1cccc(Oc2ccc(C#N)nc2)c1. The van der Waals surface area contributed by atoms with Gasteiger partial charge in [-0.3, -0.25) is 0 Å². The predicted molar refractivity (Wildman–Crippen MR) is 69.8 cm³/mol. The highest BCUT2D eigenvalue weighted by molar-refractivity contribution is 5.50. The highest BCUT2D eigenvalue weighted by Crippen LogP contribution is 2.24. The summed E-state index contributed by atoms with van der Waals surface area (Å²) >= 11 is 0. The zero-order chi connectivity index (χ0) is 13.0. The third kappa shape index (κ3) is 2.77. The molecule has 0 aliphatic rings. The van der Waals surface area contributed by atoms with E-state index in [9.17, 15) is 0 Å². The van der Waals surface area contributed by atoms with Gasteiger partial charge in [-0.1, -0.05) is 6.07 Å². The number of pyridine rings is 1. The van der Waals surface area contributed by atoms with Crippen LogP contribution in [0.25, 0.3) is 0 Å². The van der Waals surface area contributed by atoms with Crippen molar-refractivity contribution >= 4 is 5.69 Å². The van der Waals surface area contributed by atoms with E-state index >= 15 is 0 Å². The highest BCUT2D eigenvalue weighted by Gasteiger charge is 2.01. The Morgan fingerprint density at radius 1 is 1.17 bits per heavy atom. The van der Waals surface area contributed by atoms with Crippen LogP contribution in [-0.2, 0) is 0 Å². The molecule has 0 aliphatic carbocycles. The van der Waals surface area contributed by atoms with Gasteiger partial charge in [-0.05, 0) is 24.3 Å². The Morgan fingerprint density at radius 2 is 2.00 bits per heavy atom. The van der Waals surface area contributed by atoms with E-state index in [1.807, 2.05) is 49.3 Å². The Labute approximate surface area is 106 Å². The van der Waals surface area contributed by atoms with Crippen molar-refractivity contribution in [3.05, 3.63) is 48.3 Å². The first-order valence-electron chi connectivity index (χ1n) is 5.50. The molecule has 0 amide bonds. The Morgan fingerprint density at radius 3 is 2.61 bits per heavy atom. The number of ether oxygens (including phenoxy) is 1. The van der Waals surface area contributed by atoms with Gasteiger partial charge in [0, 0.05) is 25.8 Å². The van der Waals surface area contributed by atoms with Crippen molar-refractivity contribution < 1.29 is 4.74 Å². The lowest BCUT2D eigenvalue weighted by Gasteiger charge is -2.13. The molecule has 0 N–H and O–H groups in total. The topological polar surface area (TPSA) is 49.1 Å². The Hall–Kier alpha value is -2.54. The minimum absolute atomic E-state index is 0.379. The van der Waals surface area contributed by atoms with E-state index in [2.05, 4.69) is 4.98 Å². The van der Waals surface area contributed by atoms with E-state index < -0.39 is 0 Å². The molecule has 1 aromatic carbocycles. The zero-order valence-corrected chi connectivity index (χ0v) is 10.3. The normalized spacial score (nSPS) is 9.61. The van der Waals surface area contributed by atoms with Gasteiger partial charge in [0.05, 0.1) is 6.20 Å². The summed E-state index contributed by atoms with van der Waals surface area (Å²) in [5.41, 5.74) is 1.44. The number of aromatic nitrogens is 1. The number of hydrogen-bond acceptors (Lipinski definition) is 4. The molecule has 90 valence electrons. The Balaban J connectivity index is 2.18. The van der Waals surface area contributed by atoms with Gasteiger partial charge in [-0.2, -0.15) is 5.26 Å². The standard InChI is InChI=1S/C14H13N3O/c1-17(2)12-4-3-5-13(8-12)18-14-7-6-11(9-15)16-10-14/h3-8,10H,1-2H3. The van der Waals surface area contributed by atoms with Gasteiger partial charge in [0.2, 0.25) is 0 Å². The molecule has 0 spiro atoms. The van der Waals surface area contributed by atoms with Crippen LogP contribution in [0.5, 0.6) is 11.5 Å². The van der Waals surface area contributed by atoms with Crippen molar-refractivity contribution in [2.45, 2.75) is 0 Å². The molecule has 2 rings (SSSR count). The summed E-state index contributed by atoms with van der Waals surface area (Å²) in [7, 11) is 3.95. The van der Waals surface area contributed by atoms with Gasteiger partial charge in [0.25, 0.3) is 0 Å². The van der Waals surface area contributed by atoms with Gasteiger partial charge in [0.1, 0.15) is 23.3 Å². The van der Waals surface area contributed by atoms with Gasteiger partial charge in [-0.15, -0.1) is 0 Å². The number of anilines is 1. The lowest BCUT2D eigenvalue weighted by atomic mass is 10.3. The monoisotopic (exact) mass is 239 g/mol. The average molecular weight is 239 g/mol. The smallest absolute Gasteiger partial charge is 0.145 e. The van der Waals surface area contributed by atoms with Crippen LogP contribution < -0.4 is 9.64 Å². The van der Waals surface area contributed by atoms with Crippen molar-refractivity contribution in [1.29, 1.82) is 5.26 Å². The lowest BCUT2D eigenvalue weighted by Crippen LogP contribution is -2.08. The summed E-state index contributed by atoms with van der Waals surface area (Å²) in [6, 6.07) is 13.1. The van der Waals surface area contributed by atoms with E-state index in [1.165, 1.54) is 0 Å². The van der Waals surface area contributed by atoms with Crippen LogP contribution in [0.1, 0.15) is 5.69 Å².